The van der Waals surface area contributed by atoms with E-state index in [0.29, 0.717) is 5.56 Å². The molecule has 0 unspecified atom stereocenters. The first-order valence-electron chi connectivity index (χ1n) is 7.91. The van der Waals surface area contributed by atoms with Crippen LogP contribution < -0.4 is 10.2 Å². The first kappa shape index (κ1) is 21.0. The van der Waals surface area contributed by atoms with E-state index >= 15 is 0 Å². The van der Waals surface area contributed by atoms with E-state index in [9.17, 15) is 23.3 Å². The van der Waals surface area contributed by atoms with Gasteiger partial charge in [0.15, 0.2) is 5.75 Å². The summed E-state index contributed by atoms with van der Waals surface area (Å²) in [5, 5.41) is 14.7. The van der Waals surface area contributed by atoms with E-state index in [0.717, 1.165) is 4.31 Å². The van der Waals surface area contributed by atoms with Crippen molar-refractivity contribution in [3.8, 4) is 5.75 Å². The number of hydrogen-bond donors (Lipinski definition) is 1. The smallest absolute Gasteiger partial charge is 0.311 e. The number of methoxy groups -OCH3 is 1. The highest BCUT2D eigenvalue weighted by molar-refractivity contribution is 7.89. The van der Waals surface area contributed by atoms with Crippen molar-refractivity contribution in [2.75, 3.05) is 20.7 Å². The number of nitrogens with zero attached hydrogens (tertiary/aromatic N) is 3. The van der Waals surface area contributed by atoms with Crippen LogP contribution in [-0.2, 0) is 14.8 Å². The maximum atomic E-state index is 12.4. The zero-order valence-electron chi connectivity index (χ0n) is 15.1. The lowest BCUT2D eigenvalue weighted by Gasteiger charge is -2.15. The lowest BCUT2D eigenvalue weighted by atomic mass is 10.2. The number of ether oxygens (including phenoxy) is 1. The highest BCUT2D eigenvalue weighted by Crippen LogP contribution is 2.26. The maximum absolute atomic E-state index is 12.4. The van der Waals surface area contributed by atoms with Crippen LogP contribution in [0.15, 0.2) is 58.5 Å². The molecule has 0 heterocycles. The first-order valence-corrected chi connectivity index (χ1v) is 9.35. The van der Waals surface area contributed by atoms with Gasteiger partial charge in [0.2, 0.25) is 10.0 Å². The van der Waals surface area contributed by atoms with Gasteiger partial charge in [-0.3, -0.25) is 14.9 Å². The molecule has 0 saturated carbocycles. The summed E-state index contributed by atoms with van der Waals surface area (Å²) >= 11 is 0. The number of nitro groups is 1. The van der Waals surface area contributed by atoms with Gasteiger partial charge in [-0.1, -0.05) is 18.2 Å². The molecule has 148 valence electrons. The van der Waals surface area contributed by atoms with Crippen LogP contribution in [0, 0.1) is 10.1 Å². The van der Waals surface area contributed by atoms with Crippen molar-refractivity contribution in [1.82, 2.24) is 9.73 Å². The minimum atomic E-state index is -3.80. The summed E-state index contributed by atoms with van der Waals surface area (Å²) in [4.78, 5) is 22.4. The predicted molar refractivity (Wildman–Crippen MR) is 102 cm³/mol. The van der Waals surface area contributed by atoms with Crippen molar-refractivity contribution < 1.29 is 22.9 Å². The van der Waals surface area contributed by atoms with Crippen LogP contribution in [0.5, 0.6) is 5.75 Å². The van der Waals surface area contributed by atoms with Gasteiger partial charge in [0.05, 0.1) is 29.7 Å². The van der Waals surface area contributed by atoms with Gasteiger partial charge in [-0.05, 0) is 24.3 Å². The van der Waals surface area contributed by atoms with Crippen LogP contribution in [0.4, 0.5) is 5.69 Å². The molecule has 0 saturated heterocycles. The molecule has 0 spiro atoms. The third-order valence-corrected chi connectivity index (χ3v) is 5.44. The van der Waals surface area contributed by atoms with Gasteiger partial charge in [-0.15, -0.1) is 0 Å². The summed E-state index contributed by atoms with van der Waals surface area (Å²) in [6, 6.07) is 11.9. The number of carbonyl (C=O) groups is 1. The average Bonchev–Trinajstić information content (AvgIpc) is 2.68. The molecule has 1 N–H and O–H groups in total. The summed E-state index contributed by atoms with van der Waals surface area (Å²) in [6.07, 6.45) is 1.20. The average molecular weight is 406 g/mol. The molecule has 0 aliphatic carbocycles. The van der Waals surface area contributed by atoms with E-state index in [1.165, 1.54) is 50.7 Å². The fourth-order valence-corrected chi connectivity index (χ4v) is 3.35. The minimum Gasteiger partial charge on any atom is -0.490 e. The third kappa shape index (κ3) is 5.11. The molecule has 0 radical (unpaired) electrons. The van der Waals surface area contributed by atoms with Crippen LogP contribution >= 0.6 is 0 Å². The van der Waals surface area contributed by atoms with E-state index in [2.05, 4.69) is 10.5 Å². The second-order valence-corrected chi connectivity index (χ2v) is 7.60. The number of benzene rings is 2. The number of nitro benzene ring substituents is 1. The molecule has 0 aliphatic heterocycles. The molecular formula is C17H18N4O6S. The van der Waals surface area contributed by atoms with Crippen LogP contribution in [0.2, 0.25) is 0 Å². The monoisotopic (exact) mass is 406 g/mol. The van der Waals surface area contributed by atoms with Crippen molar-refractivity contribution in [3.05, 3.63) is 64.2 Å². The molecule has 0 aliphatic rings. The molecule has 0 aromatic heterocycles. The van der Waals surface area contributed by atoms with Crippen molar-refractivity contribution >= 4 is 27.8 Å². The normalized spacial score (nSPS) is 11.5. The number of rotatable bonds is 8. The van der Waals surface area contributed by atoms with Crippen LogP contribution in [0.25, 0.3) is 0 Å². The number of carbonyl (C=O) groups excluding carboxylic acids is 1. The van der Waals surface area contributed by atoms with E-state index in [4.69, 9.17) is 4.74 Å². The van der Waals surface area contributed by atoms with Gasteiger partial charge in [0, 0.05) is 18.7 Å². The second-order valence-electron chi connectivity index (χ2n) is 5.56. The van der Waals surface area contributed by atoms with E-state index in [-0.39, 0.29) is 16.3 Å². The molecule has 2 aromatic rings. The molecule has 1 amide bonds. The Bertz CT molecular complexity index is 992. The Morgan fingerprint density at radius 3 is 2.57 bits per heavy atom. The number of sulfonamides is 1. The quantitative estimate of drug-likeness (QED) is 0.400. The molecule has 10 nitrogen and oxygen atoms in total. The van der Waals surface area contributed by atoms with Crippen LogP contribution in [0.1, 0.15) is 5.56 Å². The summed E-state index contributed by atoms with van der Waals surface area (Å²) in [7, 11) is -1.21. The third-order valence-electron chi connectivity index (χ3n) is 3.62. The molecule has 0 bridgehead atoms. The number of amides is 1. The molecule has 2 rings (SSSR count). The largest absolute Gasteiger partial charge is 0.490 e. The van der Waals surface area contributed by atoms with Crippen molar-refractivity contribution in [3.63, 3.8) is 0 Å². The Balaban J connectivity index is 2.00. The molecule has 0 atom stereocenters. The Morgan fingerprint density at radius 2 is 1.96 bits per heavy atom. The zero-order chi connectivity index (χ0) is 20.7. The number of likely N-dealkylation sites (N-methyl/N-ethyl adjacent to an activating group) is 1. The van der Waals surface area contributed by atoms with Crippen molar-refractivity contribution in [2.24, 2.45) is 5.10 Å². The maximum Gasteiger partial charge on any atom is 0.311 e. The SMILES string of the molecule is COc1ccc(C=NNC(=O)CN(C)S(=O)(=O)c2ccccc2)cc1[N+](=O)[O-]. The van der Waals surface area contributed by atoms with Gasteiger partial charge in [0.25, 0.3) is 5.91 Å². The fourth-order valence-electron chi connectivity index (χ4n) is 2.20. The summed E-state index contributed by atoms with van der Waals surface area (Å²) in [5.74, 6) is -0.569. The fraction of sp³-hybridized carbons (Fsp3) is 0.176. The lowest BCUT2D eigenvalue weighted by molar-refractivity contribution is -0.385. The van der Waals surface area contributed by atoms with Gasteiger partial charge in [-0.2, -0.15) is 9.41 Å². The van der Waals surface area contributed by atoms with E-state index in [1.54, 1.807) is 18.2 Å². The summed E-state index contributed by atoms with van der Waals surface area (Å²) in [6.45, 7) is -0.447. The second kappa shape index (κ2) is 9.06. The van der Waals surface area contributed by atoms with Gasteiger partial charge in [0.1, 0.15) is 0 Å². The van der Waals surface area contributed by atoms with Gasteiger partial charge in [-0.25, -0.2) is 13.8 Å². The van der Waals surface area contributed by atoms with Gasteiger partial charge < -0.3 is 4.74 Å². The van der Waals surface area contributed by atoms with Crippen LogP contribution in [0.3, 0.4) is 0 Å². The molecule has 0 fully saturated rings. The molecular weight excluding hydrogens is 388 g/mol. The molecule has 2 aromatic carbocycles. The summed E-state index contributed by atoms with van der Waals surface area (Å²) in [5.41, 5.74) is 2.30. The Hall–Kier alpha value is -3.31. The standard InChI is InChI=1S/C17H18N4O6S/c1-20(28(25,26)14-6-4-3-5-7-14)12-17(22)19-18-11-13-8-9-16(27-2)15(10-13)21(23)24/h3-11H,12H2,1-2H3,(H,19,22). The number of nitrogens with one attached hydrogen (secondary N) is 1. The zero-order valence-corrected chi connectivity index (χ0v) is 15.9. The topological polar surface area (TPSA) is 131 Å². The Morgan fingerprint density at radius 1 is 1.29 bits per heavy atom. The number of hydrazone groups is 1. The van der Waals surface area contributed by atoms with E-state index in [1.807, 2.05) is 0 Å². The first-order chi connectivity index (χ1) is 13.3. The van der Waals surface area contributed by atoms with Gasteiger partial charge >= 0.3 is 5.69 Å². The van der Waals surface area contributed by atoms with Crippen molar-refractivity contribution in [1.29, 1.82) is 0 Å². The lowest BCUT2D eigenvalue weighted by Crippen LogP contribution is -2.36. The van der Waals surface area contributed by atoms with Crippen molar-refractivity contribution in [2.45, 2.75) is 4.90 Å². The molecule has 28 heavy (non-hydrogen) atoms. The minimum absolute atomic E-state index is 0.0688. The van der Waals surface area contributed by atoms with Crippen LogP contribution in [-0.4, -0.2) is 50.5 Å². The van der Waals surface area contributed by atoms with E-state index < -0.39 is 27.4 Å². The molecule has 11 heteroatoms. The highest BCUT2D eigenvalue weighted by atomic mass is 32.2. The highest BCUT2D eigenvalue weighted by Gasteiger charge is 2.22. The summed E-state index contributed by atoms with van der Waals surface area (Å²) < 4.78 is 30.5. The number of hydrogen-bond acceptors (Lipinski definition) is 7. The predicted octanol–water partition coefficient (Wildman–Crippen LogP) is 1.37. The Kier molecular flexibility index (Phi) is 6.79. The Labute approximate surface area is 161 Å².